The van der Waals surface area contributed by atoms with Crippen molar-refractivity contribution in [1.82, 2.24) is 9.78 Å². The second kappa shape index (κ2) is 5.19. The third kappa shape index (κ3) is 3.94. The molecule has 0 aliphatic rings. The van der Waals surface area contributed by atoms with Gasteiger partial charge in [-0.15, -0.1) is 0 Å². The van der Waals surface area contributed by atoms with Crippen molar-refractivity contribution in [2.24, 2.45) is 13.0 Å². The van der Waals surface area contributed by atoms with Gasteiger partial charge in [0.25, 0.3) is 0 Å². The monoisotopic (exact) mass is 209 g/mol. The molecule has 0 fully saturated rings. The third-order valence-electron chi connectivity index (χ3n) is 2.59. The van der Waals surface area contributed by atoms with Crippen molar-refractivity contribution in [2.75, 3.05) is 5.32 Å². The van der Waals surface area contributed by atoms with Crippen LogP contribution in [0.4, 0.5) is 5.69 Å². The summed E-state index contributed by atoms with van der Waals surface area (Å²) in [5, 5.41) is 7.82. The standard InChI is InChI=1S/C12H23N3/c1-9(2)6-7-10(3)13-12-8-15(5)14-11(12)4/h8-10,13H,6-7H2,1-5H3. The fourth-order valence-corrected chi connectivity index (χ4v) is 1.66. The van der Waals surface area contributed by atoms with Crippen molar-refractivity contribution in [3.8, 4) is 0 Å². The molecule has 1 N–H and O–H groups in total. The lowest BCUT2D eigenvalue weighted by Gasteiger charge is -2.15. The lowest BCUT2D eigenvalue weighted by molar-refractivity contribution is 0.527. The van der Waals surface area contributed by atoms with Crippen LogP contribution >= 0.6 is 0 Å². The molecule has 0 radical (unpaired) electrons. The van der Waals surface area contributed by atoms with Gasteiger partial charge in [0.2, 0.25) is 0 Å². The SMILES string of the molecule is Cc1nn(C)cc1NC(C)CCC(C)C. The Morgan fingerprint density at radius 2 is 2.00 bits per heavy atom. The molecule has 1 aromatic heterocycles. The van der Waals surface area contributed by atoms with E-state index in [2.05, 4.69) is 31.2 Å². The first-order valence-electron chi connectivity index (χ1n) is 5.75. The molecule has 3 nitrogen and oxygen atoms in total. The molecule has 0 aliphatic carbocycles. The van der Waals surface area contributed by atoms with Crippen LogP contribution in [0.1, 0.15) is 39.3 Å². The van der Waals surface area contributed by atoms with E-state index < -0.39 is 0 Å². The number of anilines is 1. The van der Waals surface area contributed by atoms with Crippen molar-refractivity contribution in [2.45, 2.75) is 46.6 Å². The molecule has 0 saturated carbocycles. The second-order valence-electron chi connectivity index (χ2n) is 4.82. The summed E-state index contributed by atoms with van der Waals surface area (Å²) in [4.78, 5) is 0. The number of aryl methyl sites for hydroxylation is 2. The van der Waals surface area contributed by atoms with Crippen LogP contribution in [-0.4, -0.2) is 15.8 Å². The molecule has 0 bridgehead atoms. The lowest BCUT2D eigenvalue weighted by atomic mass is 10.0. The predicted octanol–water partition coefficient (Wildman–Crippen LogP) is 2.97. The largest absolute Gasteiger partial charge is 0.380 e. The van der Waals surface area contributed by atoms with E-state index in [1.807, 2.05) is 24.9 Å². The van der Waals surface area contributed by atoms with Crippen molar-refractivity contribution in [1.29, 1.82) is 0 Å². The summed E-state index contributed by atoms with van der Waals surface area (Å²) in [6, 6.07) is 0.523. The van der Waals surface area contributed by atoms with Gasteiger partial charge in [-0.05, 0) is 32.6 Å². The molecule has 1 atom stereocenters. The molecule has 3 heteroatoms. The minimum absolute atomic E-state index is 0.523. The highest BCUT2D eigenvalue weighted by molar-refractivity contribution is 5.46. The molecule has 0 aromatic carbocycles. The third-order valence-corrected chi connectivity index (χ3v) is 2.59. The Hall–Kier alpha value is -0.990. The van der Waals surface area contributed by atoms with Crippen LogP contribution in [0.15, 0.2) is 6.20 Å². The molecule has 0 spiro atoms. The van der Waals surface area contributed by atoms with Gasteiger partial charge in [-0.3, -0.25) is 4.68 Å². The smallest absolute Gasteiger partial charge is 0.0825 e. The highest BCUT2D eigenvalue weighted by Crippen LogP contribution is 2.15. The maximum Gasteiger partial charge on any atom is 0.0825 e. The number of aromatic nitrogens is 2. The maximum atomic E-state index is 4.31. The molecule has 0 saturated heterocycles. The molecule has 1 heterocycles. The zero-order valence-electron chi connectivity index (χ0n) is 10.5. The van der Waals surface area contributed by atoms with Crippen molar-refractivity contribution >= 4 is 5.69 Å². The van der Waals surface area contributed by atoms with Crippen LogP contribution in [0, 0.1) is 12.8 Å². The Morgan fingerprint density at radius 1 is 1.33 bits per heavy atom. The normalized spacial score (nSPS) is 13.2. The summed E-state index contributed by atoms with van der Waals surface area (Å²) in [6.07, 6.45) is 4.53. The van der Waals surface area contributed by atoms with Gasteiger partial charge >= 0.3 is 0 Å². The van der Waals surface area contributed by atoms with Gasteiger partial charge in [0, 0.05) is 19.3 Å². The molecule has 15 heavy (non-hydrogen) atoms. The van der Waals surface area contributed by atoms with Crippen LogP contribution in [0.5, 0.6) is 0 Å². The van der Waals surface area contributed by atoms with E-state index in [9.17, 15) is 0 Å². The van der Waals surface area contributed by atoms with Gasteiger partial charge in [0.15, 0.2) is 0 Å². The van der Waals surface area contributed by atoms with Crippen molar-refractivity contribution < 1.29 is 0 Å². The molecular weight excluding hydrogens is 186 g/mol. The number of hydrogen-bond donors (Lipinski definition) is 1. The predicted molar refractivity (Wildman–Crippen MR) is 65.1 cm³/mol. The minimum atomic E-state index is 0.523. The van der Waals surface area contributed by atoms with E-state index in [4.69, 9.17) is 0 Å². The second-order valence-corrected chi connectivity index (χ2v) is 4.82. The summed E-state index contributed by atoms with van der Waals surface area (Å²) in [7, 11) is 1.96. The van der Waals surface area contributed by atoms with Gasteiger partial charge in [0.1, 0.15) is 0 Å². The molecule has 0 amide bonds. The van der Waals surface area contributed by atoms with Crippen LogP contribution in [0.3, 0.4) is 0 Å². The lowest BCUT2D eigenvalue weighted by Crippen LogP contribution is -2.15. The first kappa shape index (κ1) is 12.1. The van der Waals surface area contributed by atoms with E-state index in [0.29, 0.717) is 6.04 Å². The van der Waals surface area contributed by atoms with Crippen LogP contribution in [0.25, 0.3) is 0 Å². The van der Waals surface area contributed by atoms with E-state index in [1.54, 1.807) is 0 Å². The average Bonchev–Trinajstić information content (AvgIpc) is 2.42. The van der Waals surface area contributed by atoms with Crippen LogP contribution < -0.4 is 5.32 Å². The Kier molecular flexibility index (Phi) is 4.18. The Balaban J connectivity index is 2.44. The first-order valence-corrected chi connectivity index (χ1v) is 5.75. The fourth-order valence-electron chi connectivity index (χ4n) is 1.66. The summed E-state index contributed by atoms with van der Waals surface area (Å²) in [5.41, 5.74) is 2.24. The van der Waals surface area contributed by atoms with Crippen LogP contribution in [-0.2, 0) is 7.05 Å². The van der Waals surface area contributed by atoms with Gasteiger partial charge in [-0.1, -0.05) is 13.8 Å². The van der Waals surface area contributed by atoms with Gasteiger partial charge in [0.05, 0.1) is 11.4 Å². The average molecular weight is 209 g/mol. The fraction of sp³-hybridized carbons (Fsp3) is 0.750. The summed E-state index contributed by atoms with van der Waals surface area (Å²) in [6.45, 7) is 8.80. The zero-order chi connectivity index (χ0) is 11.4. The number of nitrogens with zero attached hydrogens (tertiary/aromatic N) is 2. The highest BCUT2D eigenvalue weighted by Gasteiger charge is 2.07. The van der Waals surface area contributed by atoms with Crippen LogP contribution in [0.2, 0.25) is 0 Å². The van der Waals surface area contributed by atoms with Gasteiger partial charge in [-0.25, -0.2) is 0 Å². The zero-order valence-corrected chi connectivity index (χ0v) is 10.5. The highest BCUT2D eigenvalue weighted by atomic mass is 15.3. The summed E-state index contributed by atoms with van der Waals surface area (Å²) >= 11 is 0. The molecule has 86 valence electrons. The maximum absolute atomic E-state index is 4.31. The first-order chi connectivity index (χ1) is 6.99. The number of hydrogen-bond acceptors (Lipinski definition) is 2. The summed E-state index contributed by atoms with van der Waals surface area (Å²) < 4.78 is 1.85. The quantitative estimate of drug-likeness (QED) is 0.808. The Labute approximate surface area is 92.9 Å². The minimum Gasteiger partial charge on any atom is -0.380 e. The van der Waals surface area contributed by atoms with Gasteiger partial charge in [-0.2, -0.15) is 5.10 Å². The van der Waals surface area contributed by atoms with E-state index in [0.717, 1.165) is 17.3 Å². The van der Waals surface area contributed by atoms with Gasteiger partial charge < -0.3 is 5.32 Å². The van der Waals surface area contributed by atoms with E-state index in [-0.39, 0.29) is 0 Å². The molecule has 0 aliphatic heterocycles. The van der Waals surface area contributed by atoms with Crippen molar-refractivity contribution in [3.05, 3.63) is 11.9 Å². The molecule has 1 aromatic rings. The summed E-state index contributed by atoms with van der Waals surface area (Å²) in [5.74, 6) is 0.782. The Bertz CT molecular complexity index is 302. The number of rotatable bonds is 5. The van der Waals surface area contributed by atoms with E-state index in [1.165, 1.54) is 12.8 Å². The number of nitrogens with one attached hydrogen (secondary N) is 1. The van der Waals surface area contributed by atoms with E-state index >= 15 is 0 Å². The molecular formula is C12H23N3. The molecule has 1 rings (SSSR count). The Morgan fingerprint density at radius 3 is 2.47 bits per heavy atom. The molecule has 1 unspecified atom stereocenters. The topological polar surface area (TPSA) is 29.9 Å². The van der Waals surface area contributed by atoms with Crippen molar-refractivity contribution in [3.63, 3.8) is 0 Å².